The van der Waals surface area contributed by atoms with E-state index in [9.17, 15) is 8.78 Å². The summed E-state index contributed by atoms with van der Waals surface area (Å²) in [5.74, 6) is -1.22. The molecule has 2 rings (SSSR count). The number of halogens is 5. The molecule has 0 aliphatic carbocycles. The highest BCUT2D eigenvalue weighted by Gasteiger charge is 2.17. The third-order valence-electron chi connectivity index (χ3n) is 2.43. The Morgan fingerprint density at radius 3 is 2.44 bits per heavy atom. The molecule has 0 amide bonds. The van der Waals surface area contributed by atoms with Gasteiger partial charge in [-0.05, 0) is 24.1 Å². The Labute approximate surface area is 122 Å². The van der Waals surface area contributed by atoms with Crippen molar-refractivity contribution in [2.45, 2.75) is 11.8 Å². The van der Waals surface area contributed by atoms with Crippen molar-refractivity contribution in [2.75, 3.05) is 0 Å². The van der Waals surface area contributed by atoms with Gasteiger partial charge in [-0.1, -0.05) is 29.3 Å². The van der Waals surface area contributed by atoms with E-state index >= 15 is 0 Å². The van der Waals surface area contributed by atoms with E-state index in [4.69, 9.17) is 34.8 Å². The molecule has 18 heavy (non-hydrogen) atoms. The van der Waals surface area contributed by atoms with Crippen LogP contribution in [-0.4, -0.2) is 0 Å². The molecule has 1 unspecified atom stereocenters. The maximum atomic E-state index is 13.5. The fourth-order valence-corrected chi connectivity index (χ4v) is 3.59. The average Bonchev–Trinajstić information content (AvgIpc) is 2.62. The molecule has 0 fully saturated rings. The Kier molecular flexibility index (Phi) is 4.49. The summed E-state index contributed by atoms with van der Waals surface area (Å²) < 4.78 is 27.3. The molecule has 1 aromatic heterocycles. The molecule has 2 aromatic rings. The number of hydrogen-bond donors (Lipinski definition) is 0. The van der Waals surface area contributed by atoms with E-state index in [2.05, 4.69) is 0 Å². The normalized spacial score (nSPS) is 12.7. The van der Waals surface area contributed by atoms with Gasteiger partial charge in [-0.25, -0.2) is 8.78 Å². The smallest absolute Gasteiger partial charge is 0.129 e. The predicted octanol–water partition coefficient (Wildman–Crippen LogP) is 5.86. The molecule has 0 radical (unpaired) electrons. The van der Waals surface area contributed by atoms with Gasteiger partial charge in [0, 0.05) is 11.6 Å². The Hall–Kier alpha value is -0.350. The van der Waals surface area contributed by atoms with E-state index in [1.807, 2.05) is 0 Å². The second kappa shape index (κ2) is 5.74. The van der Waals surface area contributed by atoms with Crippen LogP contribution in [0.25, 0.3) is 0 Å². The van der Waals surface area contributed by atoms with Gasteiger partial charge in [0.25, 0.3) is 0 Å². The zero-order valence-electron chi connectivity index (χ0n) is 8.89. The topological polar surface area (TPSA) is 0 Å². The minimum Gasteiger partial charge on any atom is -0.207 e. The van der Waals surface area contributed by atoms with E-state index < -0.39 is 17.0 Å². The van der Waals surface area contributed by atoms with Crippen LogP contribution in [0, 0.1) is 11.6 Å². The number of hydrogen-bond acceptors (Lipinski definition) is 1. The van der Waals surface area contributed by atoms with E-state index in [0.29, 0.717) is 19.8 Å². The van der Waals surface area contributed by atoms with Gasteiger partial charge in [-0.2, -0.15) is 0 Å². The molecule has 0 aliphatic heterocycles. The number of thiophene rings is 1. The lowest BCUT2D eigenvalue weighted by atomic mass is 10.1. The second-order valence-corrected chi connectivity index (χ2v) is 6.50. The summed E-state index contributed by atoms with van der Waals surface area (Å²) in [5.41, 5.74) is 1.01. The highest BCUT2D eigenvalue weighted by atomic mass is 35.5. The number of rotatable bonds is 3. The molecular weight excluding hydrogens is 321 g/mol. The van der Waals surface area contributed by atoms with Crippen LogP contribution in [0.1, 0.15) is 16.5 Å². The highest BCUT2D eigenvalue weighted by molar-refractivity contribution is 7.20. The van der Waals surface area contributed by atoms with E-state index in [0.717, 1.165) is 6.07 Å². The first-order chi connectivity index (χ1) is 8.47. The van der Waals surface area contributed by atoms with Crippen molar-refractivity contribution in [3.63, 3.8) is 0 Å². The molecule has 1 heterocycles. The number of benzene rings is 1. The van der Waals surface area contributed by atoms with Gasteiger partial charge in [0.15, 0.2) is 0 Å². The molecule has 6 heteroatoms. The van der Waals surface area contributed by atoms with Crippen LogP contribution in [0.15, 0.2) is 24.3 Å². The molecule has 0 spiro atoms. The fraction of sp³-hybridized carbons (Fsp3) is 0.167. The van der Waals surface area contributed by atoms with Crippen LogP contribution in [0.2, 0.25) is 8.67 Å². The van der Waals surface area contributed by atoms with E-state index in [-0.39, 0.29) is 6.42 Å². The summed E-state index contributed by atoms with van der Waals surface area (Å²) in [6.45, 7) is 0. The molecule has 0 saturated carbocycles. The van der Waals surface area contributed by atoms with Gasteiger partial charge < -0.3 is 0 Å². The van der Waals surface area contributed by atoms with Crippen molar-refractivity contribution in [1.29, 1.82) is 0 Å². The SMILES string of the molecule is Fc1ccc(CC(Cl)c2cc(Cl)sc2Cl)c(F)c1. The Morgan fingerprint density at radius 1 is 1.17 bits per heavy atom. The lowest BCUT2D eigenvalue weighted by molar-refractivity contribution is 0.570. The van der Waals surface area contributed by atoms with Gasteiger partial charge >= 0.3 is 0 Å². The zero-order chi connectivity index (χ0) is 13.3. The van der Waals surface area contributed by atoms with Crippen molar-refractivity contribution in [3.05, 3.63) is 55.7 Å². The van der Waals surface area contributed by atoms with Gasteiger partial charge in [0.05, 0.1) is 14.0 Å². The standard InChI is InChI=1S/C12H7Cl3F2S/c13-9(8-5-11(14)18-12(8)15)3-6-1-2-7(16)4-10(6)17/h1-2,4-5,9H,3H2. The Morgan fingerprint density at radius 2 is 1.89 bits per heavy atom. The summed E-state index contributed by atoms with van der Waals surface area (Å²) >= 11 is 19.2. The molecule has 0 aliphatic rings. The van der Waals surface area contributed by atoms with Crippen LogP contribution in [0.3, 0.4) is 0 Å². The quantitative estimate of drug-likeness (QED) is 0.620. The first kappa shape index (κ1) is 14.1. The number of alkyl halides is 1. The largest absolute Gasteiger partial charge is 0.207 e. The van der Waals surface area contributed by atoms with Gasteiger partial charge in [0.2, 0.25) is 0 Å². The summed E-state index contributed by atoms with van der Waals surface area (Å²) in [6, 6.07) is 5.07. The average molecular weight is 328 g/mol. The molecule has 1 aromatic carbocycles. The van der Waals surface area contributed by atoms with Crippen molar-refractivity contribution in [1.82, 2.24) is 0 Å². The first-order valence-electron chi connectivity index (χ1n) is 5.00. The molecule has 96 valence electrons. The Balaban J connectivity index is 2.21. The van der Waals surface area contributed by atoms with Crippen LogP contribution >= 0.6 is 46.1 Å². The molecule has 0 bridgehead atoms. The molecule has 0 N–H and O–H groups in total. The fourth-order valence-electron chi connectivity index (χ4n) is 1.56. The lowest BCUT2D eigenvalue weighted by Crippen LogP contribution is -1.98. The van der Waals surface area contributed by atoms with Crippen LogP contribution < -0.4 is 0 Å². The Bertz CT molecular complexity index is 568. The van der Waals surface area contributed by atoms with Crippen molar-refractivity contribution in [3.8, 4) is 0 Å². The maximum absolute atomic E-state index is 13.5. The summed E-state index contributed by atoms with van der Waals surface area (Å²) in [6.07, 6.45) is 0.223. The third kappa shape index (κ3) is 3.15. The van der Waals surface area contributed by atoms with Crippen LogP contribution in [0.4, 0.5) is 8.78 Å². The summed E-state index contributed by atoms with van der Waals surface area (Å²) in [7, 11) is 0. The van der Waals surface area contributed by atoms with Crippen molar-refractivity contribution < 1.29 is 8.78 Å². The maximum Gasteiger partial charge on any atom is 0.129 e. The summed E-state index contributed by atoms with van der Waals surface area (Å²) in [4.78, 5) is 0. The van der Waals surface area contributed by atoms with Gasteiger partial charge in [-0.3, -0.25) is 0 Å². The van der Waals surface area contributed by atoms with Crippen molar-refractivity contribution >= 4 is 46.1 Å². The summed E-state index contributed by atoms with van der Waals surface area (Å²) in [5, 5.41) is -0.499. The van der Waals surface area contributed by atoms with Crippen LogP contribution in [0.5, 0.6) is 0 Å². The monoisotopic (exact) mass is 326 g/mol. The highest BCUT2D eigenvalue weighted by Crippen LogP contribution is 2.39. The van der Waals surface area contributed by atoms with Gasteiger partial charge in [-0.15, -0.1) is 22.9 Å². The van der Waals surface area contributed by atoms with E-state index in [1.54, 1.807) is 6.07 Å². The second-order valence-electron chi connectivity index (χ2n) is 3.69. The predicted molar refractivity (Wildman–Crippen MR) is 73.0 cm³/mol. The third-order valence-corrected chi connectivity index (χ3v) is 4.34. The van der Waals surface area contributed by atoms with E-state index in [1.165, 1.54) is 23.5 Å². The first-order valence-corrected chi connectivity index (χ1v) is 7.01. The minimum atomic E-state index is -0.613. The molecule has 0 saturated heterocycles. The van der Waals surface area contributed by atoms with Crippen molar-refractivity contribution in [2.24, 2.45) is 0 Å². The lowest BCUT2D eigenvalue weighted by Gasteiger charge is -2.09. The zero-order valence-corrected chi connectivity index (χ0v) is 12.0. The van der Waals surface area contributed by atoms with Gasteiger partial charge in [0.1, 0.15) is 11.6 Å². The molecular formula is C12H7Cl3F2S. The minimum absolute atomic E-state index is 0.223. The molecule has 1 atom stereocenters. The molecule has 0 nitrogen and oxygen atoms in total. The van der Waals surface area contributed by atoms with Crippen LogP contribution in [-0.2, 0) is 6.42 Å².